The summed E-state index contributed by atoms with van der Waals surface area (Å²) in [5, 5.41) is 16.1. The maximum absolute atomic E-state index is 11.5. The van der Waals surface area contributed by atoms with Gasteiger partial charge in [-0.3, -0.25) is 0 Å². The first-order valence-corrected chi connectivity index (χ1v) is 7.37. The lowest BCUT2D eigenvalue weighted by Crippen LogP contribution is -2.33. The van der Waals surface area contributed by atoms with Crippen molar-refractivity contribution >= 4 is 22.7 Å². The average molecular weight is 302 g/mol. The number of benzene rings is 1. The van der Waals surface area contributed by atoms with Crippen LogP contribution in [0.1, 0.15) is 27.2 Å². The second-order valence-corrected chi connectivity index (χ2v) is 5.99. The zero-order valence-corrected chi connectivity index (χ0v) is 13.2. The number of nitrogens with one attached hydrogen (secondary N) is 2. The molecule has 6 nitrogen and oxygen atoms in total. The van der Waals surface area contributed by atoms with E-state index in [-0.39, 0.29) is 0 Å². The summed E-state index contributed by atoms with van der Waals surface area (Å²) in [5.74, 6) is 0.760. The van der Waals surface area contributed by atoms with Crippen LogP contribution in [0.25, 0.3) is 10.8 Å². The van der Waals surface area contributed by atoms with Gasteiger partial charge in [0.2, 0.25) is 0 Å². The van der Waals surface area contributed by atoms with Crippen molar-refractivity contribution in [3.8, 4) is 0 Å². The molecular weight excluding hydrogens is 280 g/mol. The Kier molecular flexibility index (Phi) is 5.14. The average Bonchev–Trinajstić information content (AvgIpc) is 2.45. The number of amides is 1. The van der Waals surface area contributed by atoms with E-state index in [1.54, 1.807) is 6.20 Å². The van der Waals surface area contributed by atoms with Crippen molar-refractivity contribution in [2.24, 2.45) is 0 Å². The number of fused-ring (bicyclic) bond motifs is 1. The van der Waals surface area contributed by atoms with E-state index in [4.69, 9.17) is 4.74 Å². The molecule has 0 fully saturated rings. The monoisotopic (exact) mass is 302 g/mol. The number of rotatable bonds is 5. The summed E-state index contributed by atoms with van der Waals surface area (Å²) in [5.41, 5.74) is -0.471. The molecule has 0 bridgehead atoms. The molecule has 1 heterocycles. The quantitative estimate of drug-likeness (QED) is 0.830. The largest absolute Gasteiger partial charge is 0.444 e. The van der Waals surface area contributed by atoms with Crippen molar-refractivity contribution in [3.63, 3.8) is 0 Å². The van der Waals surface area contributed by atoms with Crippen LogP contribution >= 0.6 is 0 Å². The third-order valence-electron chi connectivity index (χ3n) is 2.88. The van der Waals surface area contributed by atoms with Gasteiger partial charge in [0.1, 0.15) is 5.60 Å². The van der Waals surface area contributed by atoms with E-state index < -0.39 is 11.7 Å². The first-order chi connectivity index (χ1) is 10.5. The maximum Gasteiger partial charge on any atom is 0.407 e. The Morgan fingerprint density at radius 3 is 2.77 bits per heavy atom. The van der Waals surface area contributed by atoms with Crippen LogP contribution in [0.3, 0.4) is 0 Å². The van der Waals surface area contributed by atoms with Crippen LogP contribution in [-0.2, 0) is 4.74 Å². The number of carbonyl (C=O) groups is 1. The Hall–Kier alpha value is -2.37. The van der Waals surface area contributed by atoms with E-state index >= 15 is 0 Å². The van der Waals surface area contributed by atoms with Gasteiger partial charge in [0, 0.05) is 23.9 Å². The number of ether oxygens (including phenoxy) is 1. The fourth-order valence-electron chi connectivity index (χ4n) is 1.96. The Morgan fingerprint density at radius 1 is 1.23 bits per heavy atom. The molecule has 1 aromatic heterocycles. The van der Waals surface area contributed by atoms with E-state index in [0.717, 1.165) is 23.0 Å². The zero-order chi connectivity index (χ0) is 16.0. The Morgan fingerprint density at radius 2 is 2.00 bits per heavy atom. The molecule has 2 N–H and O–H groups in total. The number of hydrogen-bond acceptors (Lipinski definition) is 5. The molecule has 0 aliphatic heterocycles. The van der Waals surface area contributed by atoms with Gasteiger partial charge in [-0.1, -0.05) is 24.3 Å². The van der Waals surface area contributed by atoms with Gasteiger partial charge >= 0.3 is 6.09 Å². The molecule has 0 saturated heterocycles. The predicted molar refractivity (Wildman–Crippen MR) is 86.9 cm³/mol. The van der Waals surface area contributed by atoms with Crippen LogP contribution in [0.2, 0.25) is 0 Å². The lowest BCUT2D eigenvalue weighted by Gasteiger charge is -2.19. The smallest absolute Gasteiger partial charge is 0.407 e. The fourth-order valence-corrected chi connectivity index (χ4v) is 1.96. The molecule has 1 amide bonds. The first kappa shape index (κ1) is 16.0. The summed E-state index contributed by atoms with van der Waals surface area (Å²) in [6, 6.07) is 7.95. The molecule has 0 radical (unpaired) electrons. The van der Waals surface area contributed by atoms with Crippen LogP contribution in [0, 0.1) is 0 Å². The molecule has 0 spiro atoms. The van der Waals surface area contributed by atoms with Crippen molar-refractivity contribution < 1.29 is 9.53 Å². The minimum absolute atomic E-state index is 0.391. The van der Waals surface area contributed by atoms with Gasteiger partial charge in [-0.2, -0.15) is 5.10 Å². The molecule has 0 aliphatic rings. The third kappa shape index (κ3) is 4.87. The van der Waals surface area contributed by atoms with E-state index in [1.165, 1.54) is 0 Å². The SMILES string of the molecule is CC(C)(C)OC(=O)NCCCNc1nncc2ccccc12. The number of anilines is 1. The molecule has 2 rings (SSSR count). The highest BCUT2D eigenvalue weighted by Gasteiger charge is 2.15. The van der Waals surface area contributed by atoms with Crippen molar-refractivity contribution in [2.75, 3.05) is 18.4 Å². The lowest BCUT2D eigenvalue weighted by atomic mass is 10.2. The Balaban J connectivity index is 1.76. The van der Waals surface area contributed by atoms with Gasteiger partial charge in [0.15, 0.2) is 5.82 Å². The molecule has 22 heavy (non-hydrogen) atoms. The van der Waals surface area contributed by atoms with Gasteiger partial charge in [-0.05, 0) is 27.2 Å². The van der Waals surface area contributed by atoms with Crippen molar-refractivity contribution in [1.82, 2.24) is 15.5 Å². The van der Waals surface area contributed by atoms with E-state index in [2.05, 4.69) is 20.8 Å². The van der Waals surface area contributed by atoms with Gasteiger partial charge in [0.05, 0.1) is 6.20 Å². The van der Waals surface area contributed by atoms with Crippen molar-refractivity contribution in [1.29, 1.82) is 0 Å². The van der Waals surface area contributed by atoms with Crippen LogP contribution in [0.4, 0.5) is 10.6 Å². The summed E-state index contributed by atoms with van der Waals surface area (Å²) in [7, 11) is 0. The number of aromatic nitrogens is 2. The standard InChI is InChI=1S/C16H22N4O2/c1-16(2,3)22-15(21)18-10-6-9-17-14-13-8-5-4-7-12(13)11-19-20-14/h4-5,7-8,11H,6,9-10H2,1-3H3,(H,17,20)(H,18,21). The number of hydrogen-bond donors (Lipinski definition) is 2. The van der Waals surface area contributed by atoms with Gasteiger partial charge < -0.3 is 15.4 Å². The van der Waals surface area contributed by atoms with E-state index in [1.807, 2.05) is 45.0 Å². The Labute approximate surface area is 130 Å². The molecule has 6 heteroatoms. The van der Waals surface area contributed by atoms with E-state index in [9.17, 15) is 4.79 Å². The predicted octanol–water partition coefficient (Wildman–Crippen LogP) is 2.96. The molecule has 1 aromatic carbocycles. The maximum atomic E-state index is 11.5. The summed E-state index contributed by atoms with van der Waals surface area (Å²) < 4.78 is 5.17. The zero-order valence-electron chi connectivity index (χ0n) is 13.2. The van der Waals surface area contributed by atoms with Crippen LogP contribution in [0.5, 0.6) is 0 Å². The third-order valence-corrected chi connectivity index (χ3v) is 2.88. The summed E-state index contributed by atoms with van der Waals surface area (Å²) in [6.07, 6.45) is 2.12. The van der Waals surface area contributed by atoms with Gasteiger partial charge in [0.25, 0.3) is 0 Å². The molecule has 0 saturated carbocycles. The normalized spacial score (nSPS) is 11.2. The van der Waals surface area contributed by atoms with Gasteiger partial charge in [-0.15, -0.1) is 5.10 Å². The minimum Gasteiger partial charge on any atom is -0.444 e. The highest BCUT2D eigenvalue weighted by molar-refractivity contribution is 5.90. The lowest BCUT2D eigenvalue weighted by molar-refractivity contribution is 0.0528. The number of alkyl carbamates (subject to hydrolysis) is 1. The summed E-state index contributed by atoms with van der Waals surface area (Å²) >= 11 is 0. The molecular formula is C16H22N4O2. The van der Waals surface area contributed by atoms with Crippen LogP contribution < -0.4 is 10.6 Å². The summed E-state index contributed by atoms with van der Waals surface area (Å²) in [6.45, 7) is 6.76. The first-order valence-electron chi connectivity index (χ1n) is 7.37. The molecule has 0 atom stereocenters. The molecule has 2 aromatic rings. The molecule has 0 unspecified atom stereocenters. The molecule has 0 aliphatic carbocycles. The summed E-state index contributed by atoms with van der Waals surface area (Å²) in [4.78, 5) is 11.5. The van der Waals surface area contributed by atoms with Crippen molar-refractivity contribution in [2.45, 2.75) is 32.8 Å². The number of carbonyl (C=O) groups excluding carboxylic acids is 1. The molecule has 118 valence electrons. The second-order valence-electron chi connectivity index (χ2n) is 5.99. The topological polar surface area (TPSA) is 76.1 Å². The Bertz CT molecular complexity index is 632. The van der Waals surface area contributed by atoms with Crippen molar-refractivity contribution in [3.05, 3.63) is 30.5 Å². The highest BCUT2D eigenvalue weighted by Crippen LogP contribution is 2.18. The van der Waals surface area contributed by atoms with Crippen LogP contribution in [-0.4, -0.2) is 35.0 Å². The fraction of sp³-hybridized carbons (Fsp3) is 0.438. The highest BCUT2D eigenvalue weighted by atomic mass is 16.6. The second kappa shape index (κ2) is 7.06. The van der Waals surface area contributed by atoms with Crippen LogP contribution in [0.15, 0.2) is 30.5 Å². The van der Waals surface area contributed by atoms with E-state index in [0.29, 0.717) is 13.1 Å². The number of nitrogens with zero attached hydrogens (tertiary/aromatic N) is 2. The van der Waals surface area contributed by atoms with Gasteiger partial charge in [-0.25, -0.2) is 4.79 Å². The minimum atomic E-state index is -0.471.